The largest absolute Gasteiger partial charge is 0.0840 e. The average molecular weight is 330 g/mol. The Morgan fingerprint density at radius 1 is 1.22 bits per heavy atom. The Balaban J connectivity index is 2.39. The van der Waals surface area contributed by atoms with Gasteiger partial charge in [-0.15, -0.1) is 0 Å². The van der Waals surface area contributed by atoms with Gasteiger partial charge in [-0.1, -0.05) is 53.4 Å². The fraction of sp³-hybridized carbons (Fsp3) is 0.625. The number of hydrogen-bond acceptors (Lipinski definition) is 0. The first kappa shape index (κ1) is 14.4. The second-order valence-electron chi connectivity index (χ2n) is 5.74. The molecule has 1 atom stereocenters. The molecule has 1 aromatic rings. The van der Waals surface area contributed by atoms with Crippen LogP contribution in [0.1, 0.15) is 60.5 Å². The predicted molar refractivity (Wildman–Crippen MR) is 83.8 cm³/mol. The molecule has 0 N–H and O–H groups in total. The summed E-state index contributed by atoms with van der Waals surface area (Å²) in [5, 5.41) is 0.916. The van der Waals surface area contributed by atoms with Gasteiger partial charge in [0.1, 0.15) is 0 Å². The maximum absolute atomic E-state index is 6.46. The molecule has 0 radical (unpaired) electrons. The fourth-order valence-electron chi connectivity index (χ4n) is 3.19. The zero-order valence-corrected chi connectivity index (χ0v) is 13.9. The van der Waals surface area contributed by atoms with Gasteiger partial charge in [0.2, 0.25) is 0 Å². The Morgan fingerprint density at radius 3 is 2.33 bits per heavy atom. The quantitative estimate of drug-likeness (QED) is 0.566. The molecule has 2 heteroatoms. The molecule has 1 aliphatic rings. The lowest BCUT2D eigenvalue weighted by Gasteiger charge is -2.34. The van der Waals surface area contributed by atoms with E-state index >= 15 is 0 Å². The average Bonchev–Trinajstić information content (AvgIpc) is 2.83. The summed E-state index contributed by atoms with van der Waals surface area (Å²) in [7, 11) is 0. The normalized spacial score (nSPS) is 20.1. The molecule has 0 heterocycles. The van der Waals surface area contributed by atoms with E-state index in [0.29, 0.717) is 10.2 Å². The standard InChI is InChI=1S/C16H22BrCl/c1-4-16(7-5-6-8-16)15(17)13-9-11(2)12(3)10-14(13)18/h9-10,15H,4-8H2,1-3H3. The second-order valence-corrected chi connectivity index (χ2v) is 7.07. The molecule has 2 rings (SSSR count). The first-order chi connectivity index (χ1) is 8.50. The van der Waals surface area contributed by atoms with E-state index in [4.69, 9.17) is 11.6 Å². The molecule has 0 bridgehead atoms. The van der Waals surface area contributed by atoms with Gasteiger partial charge in [0.15, 0.2) is 0 Å². The van der Waals surface area contributed by atoms with Gasteiger partial charge in [-0.3, -0.25) is 0 Å². The number of halogens is 2. The van der Waals surface area contributed by atoms with Crippen molar-refractivity contribution in [1.82, 2.24) is 0 Å². The van der Waals surface area contributed by atoms with Crippen LogP contribution in [0.4, 0.5) is 0 Å². The molecule has 1 aromatic carbocycles. The van der Waals surface area contributed by atoms with Crippen LogP contribution in [0.3, 0.4) is 0 Å². The van der Waals surface area contributed by atoms with E-state index < -0.39 is 0 Å². The summed E-state index contributed by atoms with van der Waals surface area (Å²) in [6.45, 7) is 6.61. The van der Waals surface area contributed by atoms with Crippen molar-refractivity contribution < 1.29 is 0 Å². The third kappa shape index (κ3) is 2.49. The summed E-state index contributed by atoms with van der Waals surface area (Å²) in [5.41, 5.74) is 4.30. The van der Waals surface area contributed by atoms with Crippen molar-refractivity contribution in [2.75, 3.05) is 0 Å². The molecule has 1 fully saturated rings. The van der Waals surface area contributed by atoms with Crippen molar-refractivity contribution in [3.05, 3.63) is 33.8 Å². The first-order valence-electron chi connectivity index (χ1n) is 6.91. The maximum Gasteiger partial charge on any atom is 0.0466 e. The van der Waals surface area contributed by atoms with Crippen LogP contribution >= 0.6 is 27.5 Å². The second kappa shape index (κ2) is 5.54. The number of alkyl halides is 1. The van der Waals surface area contributed by atoms with Crippen molar-refractivity contribution in [3.8, 4) is 0 Å². The van der Waals surface area contributed by atoms with Crippen LogP contribution in [-0.2, 0) is 0 Å². The number of benzene rings is 1. The van der Waals surface area contributed by atoms with Crippen LogP contribution < -0.4 is 0 Å². The number of hydrogen-bond donors (Lipinski definition) is 0. The lowest BCUT2D eigenvalue weighted by molar-refractivity contribution is 0.279. The van der Waals surface area contributed by atoms with E-state index in [1.165, 1.54) is 48.8 Å². The topological polar surface area (TPSA) is 0 Å². The van der Waals surface area contributed by atoms with E-state index in [0.717, 1.165) is 5.02 Å². The van der Waals surface area contributed by atoms with Gasteiger partial charge in [-0.05, 0) is 61.3 Å². The molecule has 0 saturated heterocycles. The third-order valence-electron chi connectivity index (χ3n) is 4.73. The summed E-state index contributed by atoms with van der Waals surface area (Å²) in [4.78, 5) is 0.393. The molecule has 100 valence electrons. The molecular weight excluding hydrogens is 308 g/mol. The Kier molecular flexibility index (Phi) is 4.44. The minimum absolute atomic E-state index is 0.393. The molecule has 0 spiro atoms. The maximum atomic E-state index is 6.46. The van der Waals surface area contributed by atoms with Gasteiger partial charge < -0.3 is 0 Å². The number of rotatable bonds is 3. The molecule has 1 saturated carbocycles. The molecule has 1 aliphatic carbocycles. The van der Waals surface area contributed by atoms with E-state index in [9.17, 15) is 0 Å². The summed E-state index contributed by atoms with van der Waals surface area (Å²) < 4.78 is 0. The van der Waals surface area contributed by atoms with E-state index in [-0.39, 0.29) is 0 Å². The summed E-state index contributed by atoms with van der Waals surface area (Å²) in [6.07, 6.45) is 6.59. The Morgan fingerprint density at radius 2 is 1.78 bits per heavy atom. The molecular formula is C16H22BrCl. The van der Waals surface area contributed by atoms with E-state index in [1.54, 1.807) is 0 Å². The minimum Gasteiger partial charge on any atom is -0.0840 e. The minimum atomic E-state index is 0.393. The highest BCUT2D eigenvalue weighted by Crippen LogP contribution is 2.55. The molecule has 0 aliphatic heterocycles. The van der Waals surface area contributed by atoms with Crippen LogP contribution in [0.2, 0.25) is 5.02 Å². The zero-order valence-electron chi connectivity index (χ0n) is 11.5. The highest BCUT2D eigenvalue weighted by atomic mass is 79.9. The van der Waals surface area contributed by atoms with Gasteiger partial charge in [-0.2, -0.15) is 0 Å². The van der Waals surface area contributed by atoms with E-state index in [2.05, 4.69) is 48.8 Å². The molecule has 0 aromatic heterocycles. The number of aryl methyl sites for hydroxylation is 2. The van der Waals surface area contributed by atoms with Crippen LogP contribution in [0, 0.1) is 19.3 Å². The van der Waals surface area contributed by atoms with Crippen LogP contribution in [0.5, 0.6) is 0 Å². The Hall–Kier alpha value is -0.0100. The monoisotopic (exact) mass is 328 g/mol. The highest BCUT2D eigenvalue weighted by molar-refractivity contribution is 9.09. The summed E-state index contributed by atoms with van der Waals surface area (Å²) >= 11 is 10.4. The van der Waals surface area contributed by atoms with Gasteiger partial charge in [0.05, 0.1) is 0 Å². The smallest absolute Gasteiger partial charge is 0.0466 e. The molecule has 0 amide bonds. The van der Waals surface area contributed by atoms with E-state index in [1.807, 2.05) is 0 Å². The Labute approximate surface area is 124 Å². The summed E-state index contributed by atoms with van der Waals surface area (Å²) in [6, 6.07) is 4.38. The van der Waals surface area contributed by atoms with Gasteiger partial charge in [0, 0.05) is 9.85 Å². The summed E-state index contributed by atoms with van der Waals surface area (Å²) in [5.74, 6) is 0. The predicted octanol–water partition coefficient (Wildman–Crippen LogP) is 6.36. The van der Waals surface area contributed by atoms with Crippen molar-refractivity contribution in [3.63, 3.8) is 0 Å². The van der Waals surface area contributed by atoms with Crippen LogP contribution in [0.15, 0.2) is 12.1 Å². The lowest BCUT2D eigenvalue weighted by Crippen LogP contribution is -2.21. The van der Waals surface area contributed by atoms with Crippen LogP contribution in [-0.4, -0.2) is 0 Å². The third-order valence-corrected chi connectivity index (χ3v) is 6.52. The van der Waals surface area contributed by atoms with Crippen molar-refractivity contribution in [1.29, 1.82) is 0 Å². The lowest BCUT2D eigenvalue weighted by atomic mass is 9.77. The first-order valence-corrected chi connectivity index (χ1v) is 8.20. The SMILES string of the molecule is CCC1(C(Br)c2cc(C)c(C)cc2Cl)CCCC1. The van der Waals surface area contributed by atoms with Crippen LogP contribution in [0.25, 0.3) is 0 Å². The zero-order chi connectivity index (χ0) is 13.3. The van der Waals surface area contributed by atoms with Gasteiger partial charge in [-0.25, -0.2) is 0 Å². The fourth-order valence-corrected chi connectivity index (χ4v) is 4.81. The highest BCUT2D eigenvalue weighted by Gasteiger charge is 2.39. The molecule has 18 heavy (non-hydrogen) atoms. The molecule has 1 unspecified atom stereocenters. The van der Waals surface area contributed by atoms with Crippen molar-refractivity contribution in [2.24, 2.45) is 5.41 Å². The van der Waals surface area contributed by atoms with Gasteiger partial charge >= 0.3 is 0 Å². The van der Waals surface area contributed by atoms with Crippen molar-refractivity contribution in [2.45, 2.75) is 57.7 Å². The Bertz CT molecular complexity index is 433. The molecule has 0 nitrogen and oxygen atoms in total. The van der Waals surface area contributed by atoms with Crippen molar-refractivity contribution >= 4 is 27.5 Å². The van der Waals surface area contributed by atoms with Gasteiger partial charge in [0.25, 0.3) is 0 Å².